The number of nitrogens with one attached hydrogen (secondary N) is 1. The number of carbonyl (C=O) groups is 1. The molecule has 0 aliphatic heterocycles. The van der Waals surface area contributed by atoms with Crippen LogP contribution in [0.1, 0.15) is 44.1 Å². The van der Waals surface area contributed by atoms with Gasteiger partial charge in [0, 0.05) is 18.5 Å². The molecule has 3 unspecified atom stereocenters. The Hall–Kier alpha value is -1.26. The zero-order valence-electron chi connectivity index (χ0n) is 13.4. The Labute approximate surface area is 139 Å². The fourth-order valence-corrected chi connectivity index (χ4v) is 2.91. The van der Waals surface area contributed by atoms with E-state index in [1.54, 1.807) is 7.11 Å². The number of carbonyl (C=O) groups excluding carboxylic acids is 1. The number of hydrogen-bond donors (Lipinski definition) is 2. The molecule has 4 nitrogen and oxygen atoms in total. The molecule has 1 aromatic carbocycles. The van der Waals surface area contributed by atoms with Gasteiger partial charge in [-0.2, -0.15) is 0 Å². The smallest absolute Gasteiger partial charge is 0.223 e. The second-order valence-electron chi connectivity index (χ2n) is 6.02. The molecule has 1 aliphatic rings. The molecule has 0 bridgehead atoms. The lowest BCUT2D eigenvalue weighted by Crippen LogP contribution is -2.31. The third-order valence-corrected chi connectivity index (χ3v) is 4.41. The molecule has 2 rings (SSSR count). The maximum atomic E-state index is 12.0. The normalized spacial score (nSPS) is 21.8. The van der Waals surface area contributed by atoms with Gasteiger partial charge in [0.25, 0.3) is 0 Å². The molecule has 1 amide bonds. The lowest BCUT2D eigenvalue weighted by atomic mass is 9.97. The van der Waals surface area contributed by atoms with Crippen molar-refractivity contribution in [2.24, 2.45) is 11.7 Å². The molecule has 3 atom stereocenters. The zero-order valence-corrected chi connectivity index (χ0v) is 14.2. The topological polar surface area (TPSA) is 64.3 Å². The summed E-state index contributed by atoms with van der Waals surface area (Å²) >= 11 is 0. The largest absolute Gasteiger partial charge is 0.497 e. The third-order valence-electron chi connectivity index (χ3n) is 4.41. The van der Waals surface area contributed by atoms with Gasteiger partial charge in [0.1, 0.15) is 5.75 Å². The quantitative estimate of drug-likeness (QED) is 0.845. The summed E-state index contributed by atoms with van der Waals surface area (Å²) in [6.45, 7) is 2.90. The Morgan fingerprint density at radius 1 is 1.36 bits per heavy atom. The SMILES string of the molecule is COc1ccc(C(C)CCNC(=O)C2CCC(N)C2)cc1.Cl. The molecule has 5 heteroatoms. The third kappa shape index (κ3) is 5.18. The highest BCUT2D eigenvalue weighted by Crippen LogP contribution is 2.24. The van der Waals surface area contributed by atoms with E-state index in [9.17, 15) is 4.79 Å². The van der Waals surface area contributed by atoms with Gasteiger partial charge >= 0.3 is 0 Å². The Bertz CT molecular complexity index is 464. The van der Waals surface area contributed by atoms with Crippen molar-refractivity contribution in [3.63, 3.8) is 0 Å². The minimum Gasteiger partial charge on any atom is -0.497 e. The second-order valence-corrected chi connectivity index (χ2v) is 6.02. The number of ether oxygens (including phenoxy) is 1. The Kier molecular flexibility index (Phi) is 7.69. The van der Waals surface area contributed by atoms with Gasteiger partial charge in [0.15, 0.2) is 0 Å². The van der Waals surface area contributed by atoms with Crippen LogP contribution in [0.3, 0.4) is 0 Å². The molecule has 0 heterocycles. The van der Waals surface area contributed by atoms with Crippen LogP contribution in [0.5, 0.6) is 5.75 Å². The van der Waals surface area contributed by atoms with Crippen LogP contribution >= 0.6 is 12.4 Å². The molecule has 3 N–H and O–H groups in total. The maximum absolute atomic E-state index is 12.0. The first-order valence-corrected chi connectivity index (χ1v) is 7.77. The number of nitrogens with two attached hydrogens (primary N) is 1. The summed E-state index contributed by atoms with van der Waals surface area (Å²) in [5.74, 6) is 1.58. The van der Waals surface area contributed by atoms with Crippen molar-refractivity contribution in [2.45, 2.75) is 44.6 Å². The number of rotatable bonds is 6. The van der Waals surface area contributed by atoms with E-state index in [0.717, 1.165) is 38.0 Å². The number of hydrogen-bond acceptors (Lipinski definition) is 3. The number of benzene rings is 1. The molecule has 22 heavy (non-hydrogen) atoms. The standard InChI is InChI=1S/C17H26N2O2.ClH/c1-12(13-4-7-16(21-2)8-5-13)9-10-19-17(20)14-3-6-15(18)11-14;/h4-5,7-8,12,14-15H,3,6,9-11,18H2,1-2H3,(H,19,20);1H. The van der Waals surface area contributed by atoms with Crippen LogP contribution < -0.4 is 15.8 Å². The second kappa shape index (κ2) is 9.01. The van der Waals surface area contributed by atoms with Crippen molar-refractivity contribution in [1.29, 1.82) is 0 Å². The Morgan fingerprint density at radius 2 is 2.05 bits per heavy atom. The summed E-state index contributed by atoms with van der Waals surface area (Å²) in [4.78, 5) is 12.0. The molecule has 0 aromatic heterocycles. The Morgan fingerprint density at radius 3 is 2.59 bits per heavy atom. The summed E-state index contributed by atoms with van der Waals surface area (Å²) in [7, 11) is 1.67. The number of halogens is 1. The molecule has 1 fully saturated rings. The molecule has 1 aliphatic carbocycles. The van der Waals surface area contributed by atoms with Crippen molar-refractivity contribution >= 4 is 18.3 Å². The van der Waals surface area contributed by atoms with Crippen LogP contribution in [0.15, 0.2) is 24.3 Å². The highest BCUT2D eigenvalue weighted by atomic mass is 35.5. The van der Waals surface area contributed by atoms with Crippen molar-refractivity contribution in [1.82, 2.24) is 5.32 Å². The van der Waals surface area contributed by atoms with E-state index in [2.05, 4.69) is 24.4 Å². The zero-order chi connectivity index (χ0) is 15.2. The molecular formula is C17H27ClN2O2. The van der Waals surface area contributed by atoms with Crippen molar-refractivity contribution < 1.29 is 9.53 Å². The average Bonchev–Trinajstić information content (AvgIpc) is 2.94. The summed E-state index contributed by atoms with van der Waals surface area (Å²) in [6.07, 6.45) is 3.68. The average molecular weight is 327 g/mol. The summed E-state index contributed by atoms with van der Waals surface area (Å²) < 4.78 is 5.16. The van der Waals surface area contributed by atoms with E-state index in [0.29, 0.717) is 5.92 Å². The maximum Gasteiger partial charge on any atom is 0.223 e. The lowest BCUT2D eigenvalue weighted by Gasteiger charge is -2.15. The first kappa shape index (κ1) is 18.8. The minimum atomic E-state index is 0. The van der Waals surface area contributed by atoms with Crippen molar-refractivity contribution in [3.8, 4) is 5.75 Å². The fraction of sp³-hybridized carbons (Fsp3) is 0.588. The van der Waals surface area contributed by atoms with Gasteiger partial charge in [0.2, 0.25) is 5.91 Å². The predicted molar refractivity (Wildman–Crippen MR) is 91.6 cm³/mol. The predicted octanol–water partition coefficient (Wildman–Crippen LogP) is 2.85. The number of methoxy groups -OCH3 is 1. The molecule has 1 aromatic rings. The summed E-state index contributed by atoms with van der Waals surface area (Å²) in [6, 6.07) is 8.33. The van der Waals surface area contributed by atoms with E-state index in [4.69, 9.17) is 10.5 Å². The van der Waals surface area contributed by atoms with Crippen LogP contribution in [-0.2, 0) is 4.79 Å². The van der Waals surface area contributed by atoms with E-state index < -0.39 is 0 Å². The van der Waals surface area contributed by atoms with Crippen molar-refractivity contribution in [2.75, 3.05) is 13.7 Å². The minimum absolute atomic E-state index is 0. The first-order chi connectivity index (χ1) is 10.1. The first-order valence-electron chi connectivity index (χ1n) is 7.77. The van der Waals surface area contributed by atoms with Gasteiger partial charge in [-0.3, -0.25) is 4.79 Å². The van der Waals surface area contributed by atoms with E-state index in [-0.39, 0.29) is 30.3 Å². The van der Waals surface area contributed by atoms with Gasteiger partial charge in [-0.15, -0.1) is 12.4 Å². The molecule has 0 saturated heterocycles. The van der Waals surface area contributed by atoms with E-state index >= 15 is 0 Å². The van der Waals surface area contributed by atoms with Gasteiger partial charge in [0.05, 0.1) is 7.11 Å². The van der Waals surface area contributed by atoms with Gasteiger partial charge in [-0.1, -0.05) is 19.1 Å². The molecule has 124 valence electrons. The Balaban J connectivity index is 0.00000242. The van der Waals surface area contributed by atoms with Gasteiger partial charge < -0.3 is 15.8 Å². The fourth-order valence-electron chi connectivity index (χ4n) is 2.91. The van der Waals surface area contributed by atoms with Crippen LogP contribution in [0.2, 0.25) is 0 Å². The van der Waals surface area contributed by atoms with Crippen LogP contribution in [-0.4, -0.2) is 25.6 Å². The van der Waals surface area contributed by atoms with Gasteiger partial charge in [-0.05, 0) is 49.3 Å². The van der Waals surface area contributed by atoms with Crippen molar-refractivity contribution in [3.05, 3.63) is 29.8 Å². The van der Waals surface area contributed by atoms with Gasteiger partial charge in [-0.25, -0.2) is 0 Å². The highest BCUT2D eigenvalue weighted by Gasteiger charge is 2.27. The monoisotopic (exact) mass is 326 g/mol. The molecule has 0 radical (unpaired) electrons. The molecular weight excluding hydrogens is 300 g/mol. The number of amides is 1. The van der Waals surface area contributed by atoms with Crippen LogP contribution in [0.4, 0.5) is 0 Å². The molecule has 0 spiro atoms. The van der Waals surface area contributed by atoms with Crippen LogP contribution in [0, 0.1) is 5.92 Å². The summed E-state index contributed by atoms with van der Waals surface area (Å²) in [5, 5.41) is 3.05. The van der Waals surface area contributed by atoms with Crippen LogP contribution in [0.25, 0.3) is 0 Å². The molecule has 1 saturated carbocycles. The lowest BCUT2D eigenvalue weighted by molar-refractivity contribution is -0.124. The highest BCUT2D eigenvalue weighted by molar-refractivity contribution is 5.85. The van der Waals surface area contributed by atoms with E-state index in [1.807, 2.05) is 12.1 Å². The van der Waals surface area contributed by atoms with E-state index in [1.165, 1.54) is 5.56 Å². The summed E-state index contributed by atoms with van der Waals surface area (Å²) in [5.41, 5.74) is 7.12.